The Bertz CT molecular complexity index is 1620. The average molecular weight is 576 g/mol. The van der Waals surface area contributed by atoms with Gasteiger partial charge >= 0.3 is 6.03 Å². The smallest absolute Gasteiger partial charge is 0.335 e. The molecule has 0 saturated carbocycles. The summed E-state index contributed by atoms with van der Waals surface area (Å²) in [7, 11) is 0. The van der Waals surface area contributed by atoms with E-state index >= 15 is 0 Å². The van der Waals surface area contributed by atoms with Gasteiger partial charge in [-0.2, -0.15) is 0 Å². The van der Waals surface area contributed by atoms with Crippen LogP contribution in [0.1, 0.15) is 16.7 Å². The molecule has 0 aliphatic carbocycles. The summed E-state index contributed by atoms with van der Waals surface area (Å²) in [6.45, 7) is 2.08. The number of amides is 4. The van der Waals surface area contributed by atoms with E-state index in [1.54, 1.807) is 30.3 Å². The second-order valence-corrected chi connectivity index (χ2v) is 9.80. The van der Waals surface area contributed by atoms with Crippen LogP contribution in [0.5, 0.6) is 5.75 Å². The van der Waals surface area contributed by atoms with Crippen LogP contribution in [0.2, 0.25) is 5.02 Å². The van der Waals surface area contributed by atoms with Crippen LogP contribution >= 0.6 is 27.5 Å². The molecule has 4 amide bonds. The van der Waals surface area contributed by atoms with E-state index in [2.05, 4.69) is 21.2 Å². The molecular weight excluding hydrogens is 556 g/mol. The fourth-order valence-electron chi connectivity index (χ4n) is 4.14. The summed E-state index contributed by atoms with van der Waals surface area (Å²) in [5.74, 6) is -1.01. The zero-order valence-electron chi connectivity index (χ0n) is 19.6. The Morgan fingerprint density at radius 2 is 1.78 bits per heavy atom. The van der Waals surface area contributed by atoms with Gasteiger partial charge in [-0.05, 0) is 71.3 Å². The topological polar surface area (TPSA) is 75.7 Å². The summed E-state index contributed by atoms with van der Waals surface area (Å²) in [5, 5.41) is 4.58. The zero-order chi connectivity index (χ0) is 26.1. The van der Waals surface area contributed by atoms with Crippen LogP contribution < -0.4 is 15.0 Å². The molecule has 6 nitrogen and oxygen atoms in total. The first-order valence-corrected chi connectivity index (χ1v) is 12.6. The first kappa shape index (κ1) is 24.7. The molecule has 4 aromatic carbocycles. The molecule has 0 atom stereocenters. The van der Waals surface area contributed by atoms with Crippen molar-refractivity contribution in [2.75, 3.05) is 4.90 Å². The maximum absolute atomic E-state index is 13.5. The number of nitrogens with zero attached hydrogens (tertiary/aromatic N) is 1. The maximum Gasteiger partial charge on any atom is 0.335 e. The van der Waals surface area contributed by atoms with Gasteiger partial charge < -0.3 is 4.74 Å². The molecule has 8 heteroatoms. The molecule has 1 fully saturated rings. The SMILES string of the molecule is Cc1cc(N2C(=O)NC(=O)/C(=C/c3c(OCc4cccc(Cl)c4)ccc4ccccc34)C2=O)ccc1Br. The lowest BCUT2D eigenvalue weighted by Crippen LogP contribution is -2.54. The summed E-state index contributed by atoms with van der Waals surface area (Å²) >= 11 is 9.53. The number of urea groups is 1. The van der Waals surface area contributed by atoms with E-state index in [4.69, 9.17) is 16.3 Å². The van der Waals surface area contributed by atoms with Gasteiger partial charge in [-0.3, -0.25) is 14.9 Å². The number of barbiturate groups is 1. The highest BCUT2D eigenvalue weighted by atomic mass is 79.9. The second kappa shape index (κ2) is 10.2. The first-order valence-electron chi connectivity index (χ1n) is 11.4. The van der Waals surface area contributed by atoms with Gasteiger partial charge in [0, 0.05) is 15.1 Å². The summed E-state index contributed by atoms with van der Waals surface area (Å²) in [6, 6.07) is 22.9. The van der Waals surface area contributed by atoms with Crippen molar-refractivity contribution in [2.24, 2.45) is 0 Å². The van der Waals surface area contributed by atoms with Gasteiger partial charge in [0.15, 0.2) is 0 Å². The van der Waals surface area contributed by atoms with Crippen LogP contribution in [0, 0.1) is 6.92 Å². The quantitative estimate of drug-likeness (QED) is 0.210. The van der Waals surface area contributed by atoms with Gasteiger partial charge in [-0.1, -0.05) is 70.0 Å². The number of carbonyl (C=O) groups is 3. The Morgan fingerprint density at radius 1 is 0.973 bits per heavy atom. The van der Waals surface area contributed by atoms with E-state index in [1.165, 1.54) is 6.08 Å². The molecule has 0 radical (unpaired) electrons. The molecular formula is C29H20BrClN2O4. The number of aryl methyl sites for hydroxylation is 1. The van der Waals surface area contributed by atoms with E-state index in [-0.39, 0.29) is 12.2 Å². The van der Waals surface area contributed by atoms with Crippen molar-refractivity contribution in [3.05, 3.63) is 111 Å². The Labute approximate surface area is 226 Å². The van der Waals surface area contributed by atoms with Crippen LogP contribution in [-0.4, -0.2) is 17.8 Å². The minimum Gasteiger partial charge on any atom is -0.488 e. The van der Waals surface area contributed by atoms with Crippen LogP contribution in [0.25, 0.3) is 16.8 Å². The van der Waals surface area contributed by atoms with Crippen molar-refractivity contribution in [1.82, 2.24) is 5.32 Å². The average Bonchev–Trinajstić information content (AvgIpc) is 2.87. The van der Waals surface area contributed by atoms with Crippen molar-refractivity contribution < 1.29 is 19.1 Å². The molecule has 1 N–H and O–H groups in total. The van der Waals surface area contributed by atoms with Gasteiger partial charge in [0.25, 0.3) is 11.8 Å². The number of rotatable bonds is 5. The summed E-state index contributed by atoms with van der Waals surface area (Å²) in [4.78, 5) is 40.0. The van der Waals surface area contributed by atoms with E-state index in [0.717, 1.165) is 31.3 Å². The highest BCUT2D eigenvalue weighted by Gasteiger charge is 2.37. The minimum absolute atomic E-state index is 0.177. The Hall–Kier alpha value is -3.94. The second-order valence-electron chi connectivity index (χ2n) is 8.51. The van der Waals surface area contributed by atoms with Gasteiger partial charge in [-0.15, -0.1) is 0 Å². The number of hydrogen-bond acceptors (Lipinski definition) is 4. The number of fused-ring (bicyclic) bond motifs is 1. The standard InChI is InChI=1S/C29H20BrClN2O4/c1-17-13-21(10-11-25(17)30)33-28(35)24(27(34)32-29(33)36)15-23-22-8-3-2-6-19(22)9-12-26(23)37-16-18-5-4-7-20(31)14-18/h2-15H,16H2,1H3,(H,32,34,36)/b24-15-. The molecule has 1 saturated heterocycles. The molecule has 1 heterocycles. The summed E-state index contributed by atoms with van der Waals surface area (Å²) < 4.78 is 6.97. The molecule has 0 aromatic heterocycles. The Kier molecular flexibility index (Phi) is 6.82. The fourth-order valence-corrected chi connectivity index (χ4v) is 4.60. The van der Waals surface area contributed by atoms with E-state index in [9.17, 15) is 14.4 Å². The van der Waals surface area contributed by atoms with Gasteiger partial charge in [0.05, 0.1) is 5.69 Å². The van der Waals surface area contributed by atoms with E-state index in [1.807, 2.05) is 55.5 Å². The van der Waals surface area contributed by atoms with Crippen molar-refractivity contribution in [2.45, 2.75) is 13.5 Å². The number of halogens is 2. The third kappa shape index (κ3) is 5.01. The van der Waals surface area contributed by atoms with E-state index in [0.29, 0.717) is 22.0 Å². The normalized spacial score (nSPS) is 14.8. The zero-order valence-corrected chi connectivity index (χ0v) is 22.0. The van der Waals surface area contributed by atoms with Crippen LogP contribution in [0.3, 0.4) is 0 Å². The monoisotopic (exact) mass is 574 g/mol. The molecule has 1 aliphatic rings. The lowest BCUT2D eigenvalue weighted by atomic mass is 9.99. The molecule has 0 unspecified atom stereocenters. The third-order valence-corrected chi connectivity index (χ3v) is 7.13. The minimum atomic E-state index is -0.802. The van der Waals surface area contributed by atoms with Crippen molar-refractivity contribution in [1.29, 1.82) is 0 Å². The third-order valence-electron chi connectivity index (χ3n) is 6.00. The van der Waals surface area contributed by atoms with Gasteiger partial charge in [-0.25, -0.2) is 9.69 Å². The predicted octanol–water partition coefficient (Wildman–Crippen LogP) is 6.81. The predicted molar refractivity (Wildman–Crippen MR) is 148 cm³/mol. The molecule has 5 rings (SSSR count). The van der Waals surface area contributed by atoms with Crippen LogP contribution in [0.4, 0.5) is 10.5 Å². The highest BCUT2D eigenvalue weighted by Crippen LogP contribution is 2.33. The lowest BCUT2D eigenvalue weighted by Gasteiger charge is -2.27. The van der Waals surface area contributed by atoms with Crippen molar-refractivity contribution in [3.8, 4) is 5.75 Å². The number of carbonyl (C=O) groups excluding carboxylic acids is 3. The number of ether oxygens (including phenoxy) is 1. The van der Waals surface area contributed by atoms with E-state index < -0.39 is 17.8 Å². The number of imide groups is 2. The van der Waals surface area contributed by atoms with Crippen LogP contribution in [-0.2, 0) is 16.2 Å². The molecule has 4 aromatic rings. The maximum atomic E-state index is 13.5. The largest absolute Gasteiger partial charge is 0.488 e. The summed E-state index contributed by atoms with van der Waals surface area (Å²) in [5.41, 5.74) is 2.44. The molecule has 0 bridgehead atoms. The number of hydrogen-bond donors (Lipinski definition) is 1. The summed E-state index contributed by atoms with van der Waals surface area (Å²) in [6.07, 6.45) is 1.48. The van der Waals surface area contributed by atoms with Crippen molar-refractivity contribution >= 4 is 67.9 Å². The van der Waals surface area contributed by atoms with Crippen molar-refractivity contribution in [3.63, 3.8) is 0 Å². The molecule has 184 valence electrons. The number of benzene rings is 4. The lowest BCUT2D eigenvalue weighted by molar-refractivity contribution is -0.122. The van der Waals surface area contributed by atoms with Gasteiger partial charge in [0.2, 0.25) is 0 Å². The van der Waals surface area contributed by atoms with Crippen LogP contribution in [0.15, 0.2) is 88.9 Å². The van der Waals surface area contributed by atoms with Gasteiger partial charge in [0.1, 0.15) is 17.9 Å². The highest BCUT2D eigenvalue weighted by molar-refractivity contribution is 9.10. The Balaban J connectivity index is 1.58. The Morgan fingerprint density at radius 3 is 2.57 bits per heavy atom. The molecule has 0 spiro atoms. The fraction of sp³-hybridized carbons (Fsp3) is 0.0690. The number of nitrogens with one attached hydrogen (secondary N) is 1. The molecule has 37 heavy (non-hydrogen) atoms. The first-order chi connectivity index (χ1) is 17.8. The molecule has 1 aliphatic heterocycles. The number of anilines is 1.